The molecule has 7 heteroatoms. The molecule has 1 aliphatic rings. The third-order valence-corrected chi connectivity index (χ3v) is 4.25. The smallest absolute Gasteiger partial charge is 0.319 e. The van der Waals surface area contributed by atoms with Crippen molar-refractivity contribution in [2.24, 2.45) is 0 Å². The van der Waals surface area contributed by atoms with Crippen molar-refractivity contribution in [3.63, 3.8) is 0 Å². The first-order valence-electron chi connectivity index (χ1n) is 7.15. The Labute approximate surface area is 142 Å². The maximum absolute atomic E-state index is 14.1. The van der Waals surface area contributed by atoms with Crippen LogP contribution in [-0.2, 0) is 16.9 Å². The molecule has 0 aromatic heterocycles. The second-order valence-electron chi connectivity index (χ2n) is 5.70. The molecule has 0 aliphatic carbocycles. The van der Waals surface area contributed by atoms with Crippen molar-refractivity contribution in [2.75, 3.05) is 0 Å². The molecule has 1 heterocycles. The van der Waals surface area contributed by atoms with E-state index in [4.69, 9.17) is 11.6 Å². The Morgan fingerprint density at radius 2 is 1.79 bits per heavy atom. The average molecular weight is 351 g/mol. The predicted molar refractivity (Wildman–Crippen MR) is 84.2 cm³/mol. The monoisotopic (exact) mass is 350 g/mol. The third-order valence-electron chi connectivity index (χ3n) is 4.00. The fourth-order valence-electron chi connectivity index (χ4n) is 2.68. The zero-order valence-electron chi connectivity index (χ0n) is 12.6. The van der Waals surface area contributed by atoms with E-state index in [0.717, 1.165) is 23.1 Å². The number of carbonyl (C=O) groups excluding carboxylic acids is 2. The summed E-state index contributed by atoms with van der Waals surface area (Å²) < 4.78 is 27.5. The van der Waals surface area contributed by atoms with Crippen molar-refractivity contribution >= 4 is 23.5 Å². The van der Waals surface area contributed by atoms with E-state index >= 15 is 0 Å². The van der Waals surface area contributed by atoms with Gasteiger partial charge in [-0.2, -0.15) is 0 Å². The number of urea groups is 1. The van der Waals surface area contributed by atoms with Crippen molar-refractivity contribution in [3.05, 3.63) is 70.2 Å². The lowest BCUT2D eigenvalue weighted by atomic mass is 9.91. The summed E-state index contributed by atoms with van der Waals surface area (Å²) in [6.45, 7) is 1.36. The van der Waals surface area contributed by atoms with E-state index in [2.05, 4.69) is 5.32 Å². The van der Waals surface area contributed by atoms with Crippen molar-refractivity contribution in [3.8, 4) is 0 Å². The molecule has 0 radical (unpaired) electrons. The number of imide groups is 1. The molecule has 1 unspecified atom stereocenters. The minimum atomic E-state index is -1.66. The normalized spacial score (nSPS) is 20.4. The zero-order valence-corrected chi connectivity index (χ0v) is 13.4. The largest absolute Gasteiger partial charge is 0.325 e. The minimum absolute atomic E-state index is 0.00829. The van der Waals surface area contributed by atoms with E-state index in [1.807, 2.05) is 0 Å². The van der Waals surface area contributed by atoms with Crippen molar-refractivity contribution in [1.29, 1.82) is 0 Å². The highest BCUT2D eigenvalue weighted by Crippen LogP contribution is 2.32. The number of benzene rings is 2. The zero-order chi connectivity index (χ0) is 17.5. The van der Waals surface area contributed by atoms with Crippen LogP contribution in [0.5, 0.6) is 0 Å². The third kappa shape index (κ3) is 2.73. The topological polar surface area (TPSA) is 49.4 Å². The molecule has 0 saturated carbocycles. The molecule has 1 fully saturated rings. The fourth-order valence-corrected chi connectivity index (χ4v) is 2.80. The summed E-state index contributed by atoms with van der Waals surface area (Å²) in [7, 11) is 0. The molecule has 2 aromatic rings. The van der Waals surface area contributed by atoms with Crippen LogP contribution in [0.1, 0.15) is 18.1 Å². The van der Waals surface area contributed by atoms with Gasteiger partial charge in [0.05, 0.1) is 6.54 Å². The van der Waals surface area contributed by atoms with E-state index in [1.165, 1.54) is 6.92 Å². The molecule has 124 valence electrons. The Kier molecular flexibility index (Phi) is 4.01. The average Bonchev–Trinajstić information content (AvgIpc) is 2.76. The van der Waals surface area contributed by atoms with Crippen molar-refractivity contribution in [1.82, 2.24) is 10.2 Å². The van der Waals surface area contributed by atoms with Gasteiger partial charge in [-0.15, -0.1) is 0 Å². The molecule has 1 saturated heterocycles. The van der Waals surface area contributed by atoms with Crippen molar-refractivity contribution < 1.29 is 18.4 Å². The van der Waals surface area contributed by atoms with Gasteiger partial charge in [0.25, 0.3) is 5.91 Å². The lowest BCUT2D eigenvalue weighted by Gasteiger charge is -2.22. The van der Waals surface area contributed by atoms with Gasteiger partial charge in [-0.1, -0.05) is 23.7 Å². The maximum atomic E-state index is 14.1. The summed E-state index contributed by atoms with van der Waals surface area (Å²) in [6.07, 6.45) is 0. The first-order valence-corrected chi connectivity index (χ1v) is 7.53. The van der Waals surface area contributed by atoms with Crippen LogP contribution >= 0.6 is 11.6 Å². The molecule has 4 nitrogen and oxygen atoms in total. The van der Waals surface area contributed by atoms with Gasteiger partial charge >= 0.3 is 6.03 Å². The number of halogens is 3. The van der Waals surface area contributed by atoms with Crippen LogP contribution in [0.2, 0.25) is 5.02 Å². The van der Waals surface area contributed by atoms with Crippen LogP contribution in [0, 0.1) is 11.6 Å². The Hall–Kier alpha value is -2.47. The van der Waals surface area contributed by atoms with Gasteiger partial charge in [0, 0.05) is 10.6 Å². The lowest BCUT2D eigenvalue weighted by Crippen LogP contribution is -2.41. The van der Waals surface area contributed by atoms with Gasteiger partial charge < -0.3 is 5.32 Å². The van der Waals surface area contributed by atoms with Crippen molar-refractivity contribution in [2.45, 2.75) is 19.0 Å². The van der Waals surface area contributed by atoms with Crippen LogP contribution in [-0.4, -0.2) is 16.8 Å². The number of amides is 3. The van der Waals surface area contributed by atoms with Gasteiger partial charge in [-0.3, -0.25) is 9.69 Å². The Morgan fingerprint density at radius 1 is 1.12 bits per heavy atom. The number of carbonyl (C=O) groups is 2. The second kappa shape index (κ2) is 5.87. The number of rotatable bonds is 3. The van der Waals surface area contributed by atoms with E-state index in [1.54, 1.807) is 24.3 Å². The molecule has 2 aromatic carbocycles. The first kappa shape index (κ1) is 16.4. The Morgan fingerprint density at radius 3 is 2.46 bits per heavy atom. The van der Waals surface area contributed by atoms with Gasteiger partial charge in [-0.05, 0) is 42.8 Å². The summed E-state index contributed by atoms with van der Waals surface area (Å²) in [5.74, 6) is -2.10. The summed E-state index contributed by atoms with van der Waals surface area (Å²) >= 11 is 5.81. The number of nitrogens with zero attached hydrogens (tertiary/aromatic N) is 1. The summed E-state index contributed by atoms with van der Waals surface area (Å²) in [5.41, 5.74) is -1.18. The van der Waals surface area contributed by atoms with Crippen LogP contribution in [0.3, 0.4) is 0 Å². The molecule has 3 amide bonds. The highest BCUT2D eigenvalue weighted by molar-refractivity contribution is 6.30. The van der Waals surface area contributed by atoms with E-state index < -0.39 is 29.1 Å². The highest BCUT2D eigenvalue weighted by atomic mass is 35.5. The molecule has 3 rings (SSSR count). The van der Waals surface area contributed by atoms with E-state index in [0.29, 0.717) is 10.6 Å². The van der Waals surface area contributed by atoms with Gasteiger partial charge in [0.2, 0.25) is 0 Å². The second-order valence-corrected chi connectivity index (χ2v) is 6.13. The summed E-state index contributed by atoms with van der Waals surface area (Å²) in [5, 5.41) is 2.98. The van der Waals surface area contributed by atoms with Crippen LogP contribution < -0.4 is 5.32 Å². The van der Waals surface area contributed by atoms with Crippen LogP contribution in [0.25, 0.3) is 0 Å². The summed E-state index contributed by atoms with van der Waals surface area (Å²) in [4.78, 5) is 25.9. The van der Waals surface area contributed by atoms with Gasteiger partial charge in [0.15, 0.2) is 0 Å². The molecule has 24 heavy (non-hydrogen) atoms. The van der Waals surface area contributed by atoms with E-state index in [9.17, 15) is 18.4 Å². The highest BCUT2D eigenvalue weighted by Gasteiger charge is 2.50. The minimum Gasteiger partial charge on any atom is -0.319 e. The molecule has 1 N–H and O–H groups in total. The predicted octanol–water partition coefficient (Wildman–Crippen LogP) is 3.59. The first-order chi connectivity index (χ1) is 11.3. The quantitative estimate of drug-likeness (QED) is 0.860. The number of hydrogen-bond donors (Lipinski definition) is 1. The molecule has 1 aliphatic heterocycles. The van der Waals surface area contributed by atoms with Crippen LogP contribution in [0.15, 0.2) is 42.5 Å². The summed E-state index contributed by atoms with van der Waals surface area (Å²) in [6, 6.07) is 8.77. The molecule has 1 atom stereocenters. The maximum Gasteiger partial charge on any atom is 0.325 e. The molecular weight excluding hydrogens is 338 g/mol. The molecule has 0 spiro atoms. The SMILES string of the molecule is CC1(c2cc(F)ccc2F)NC(=O)N(Cc2ccc(Cl)cc2)C1=O. The standard InChI is InChI=1S/C17H13ClF2N2O2/c1-17(13-8-12(19)6-7-14(13)20)15(23)22(16(24)21-17)9-10-2-4-11(18)5-3-10/h2-8H,9H2,1H3,(H,21,24). The lowest BCUT2D eigenvalue weighted by molar-refractivity contribution is -0.131. The van der Waals surface area contributed by atoms with Gasteiger partial charge in [0.1, 0.15) is 17.2 Å². The van der Waals surface area contributed by atoms with Gasteiger partial charge in [-0.25, -0.2) is 13.6 Å². The van der Waals surface area contributed by atoms with Crippen LogP contribution in [0.4, 0.5) is 13.6 Å². The Bertz CT molecular complexity index is 826. The molecule has 0 bridgehead atoms. The Balaban J connectivity index is 1.93. The van der Waals surface area contributed by atoms with E-state index in [-0.39, 0.29) is 12.1 Å². The fraction of sp³-hybridized carbons (Fsp3) is 0.176. The number of nitrogens with one attached hydrogen (secondary N) is 1. The molecular formula is C17H13ClF2N2O2. The number of hydrogen-bond acceptors (Lipinski definition) is 2.